The summed E-state index contributed by atoms with van der Waals surface area (Å²) in [5.41, 5.74) is 0. The molecule has 0 saturated carbocycles. The SMILES string of the molecule is O=CCCCCCC=CCCCCCCCCO. The number of aliphatic hydroxyl groups is 1. The molecule has 18 heavy (non-hydrogen) atoms. The number of aldehydes is 1. The third kappa shape index (κ3) is 15.4. The van der Waals surface area contributed by atoms with Crippen LogP contribution < -0.4 is 0 Å². The van der Waals surface area contributed by atoms with Crippen molar-refractivity contribution in [1.29, 1.82) is 0 Å². The van der Waals surface area contributed by atoms with Crippen LogP contribution in [0.4, 0.5) is 0 Å². The zero-order valence-corrected chi connectivity index (χ0v) is 11.8. The number of rotatable bonds is 14. The first-order chi connectivity index (χ1) is 8.91. The summed E-state index contributed by atoms with van der Waals surface area (Å²) in [6.07, 6.45) is 19.4. The van der Waals surface area contributed by atoms with Crippen LogP contribution in [-0.2, 0) is 4.79 Å². The first-order valence-electron chi connectivity index (χ1n) is 7.61. The normalized spacial score (nSPS) is 11.2. The maximum Gasteiger partial charge on any atom is 0.119 e. The Labute approximate surface area is 112 Å². The van der Waals surface area contributed by atoms with Crippen molar-refractivity contribution < 1.29 is 9.90 Å². The smallest absolute Gasteiger partial charge is 0.119 e. The minimum absolute atomic E-state index is 0.343. The van der Waals surface area contributed by atoms with Crippen LogP contribution in [0.3, 0.4) is 0 Å². The molecule has 0 aliphatic heterocycles. The number of aliphatic hydroxyl groups excluding tert-OH is 1. The van der Waals surface area contributed by atoms with E-state index in [0.717, 1.165) is 32.0 Å². The highest BCUT2D eigenvalue weighted by molar-refractivity contribution is 5.48. The lowest BCUT2D eigenvalue weighted by atomic mass is 10.1. The van der Waals surface area contributed by atoms with Gasteiger partial charge in [-0.3, -0.25) is 0 Å². The van der Waals surface area contributed by atoms with Gasteiger partial charge in [0.15, 0.2) is 0 Å². The second kappa shape index (κ2) is 16.4. The molecule has 0 spiro atoms. The number of carbonyl (C=O) groups is 1. The standard InChI is InChI=1S/C16H30O2/c17-15-13-11-9-7-5-3-1-2-4-6-8-10-12-14-16-18/h1,3,15,18H,2,4-14,16H2. The number of hydrogen-bond donors (Lipinski definition) is 1. The maximum absolute atomic E-state index is 10.1. The molecule has 0 saturated heterocycles. The van der Waals surface area contributed by atoms with Gasteiger partial charge in [0.1, 0.15) is 6.29 Å². The van der Waals surface area contributed by atoms with Crippen LogP contribution in [0, 0.1) is 0 Å². The number of carbonyl (C=O) groups excluding carboxylic acids is 1. The maximum atomic E-state index is 10.1. The highest BCUT2D eigenvalue weighted by Crippen LogP contribution is 2.08. The molecule has 1 N–H and O–H groups in total. The Balaban J connectivity index is 3.02. The molecular formula is C16H30O2. The van der Waals surface area contributed by atoms with Crippen molar-refractivity contribution in [3.63, 3.8) is 0 Å². The van der Waals surface area contributed by atoms with E-state index < -0.39 is 0 Å². The molecule has 0 atom stereocenters. The molecule has 0 rings (SSSR count). The van der Waals surface area contributed by atoms with Crippen LogP contribution in [-0.4, -0.2) is 18.0 Å². The predicted octanol–water partition coefficient (Wildman–Crippen LogP) is 4.42. The average molecular weight is 254 g/mol. The van der Waals surface area contributed by atoms with E-state index in [1.807, 2.05) is 0 Å². The van der Waals surface area contributed by atoms with Gasteiger partial charge in [-0.25, -0.2) is 0 Å². The van der Waals surface area contributed by atoms with Crippen molar-refractivity contribution in [3.05, 3.63) is 12.2 Å². The van der Waals surface area contributed by atoms with Crippen molar-refractivity contribution in [3.8, 4) is 0 Å². The van der Waals surface area contributed by atoms with Crippen LogP contribution in [0.25, 0.3) is 0 Å². The van der Waals surface area contributed by atoms with E-state index in [1.165, 1.54) is 51.4 Å². The fourth-order valence-electron chi connectivity index (χ4n) is 1.98. The molecule has 0 fully saturated rings. The van der Waals surface area contributed by atoms with Crippen molar-refractivity contribution in [2.45, 2.75) is 77.0 Å². The third-order valence-corrected chi connectivity index (χ3v) is 3.14. The summed E-state index contributed by atoms with van der Waals surface area (Å²) in [5, 5.41) is 8.63. The highest BCUT2D eigenvalue weighted by atomic mass is 16.2. The van der Waals surface area contributed by atoms with E-state index in [0.29, 0.717) is 6.61 Å². The van der Waals surface area contributed by atoms with Gasteiger partial charge in [-0.05, 0) is 38.5 Å². The Hall–Kier alpha value is -0.630. The van der Waals surface area contributed by atoms with Crippen LogP contribution in [0.5, 0.6) is 0 Å². The van der Waals surface area contributed by atoms with Crippen molar-refractivity contribution in [1.82, 2.24) is 0 Å². The zero-order valence-electron chi connectivity index (χ0n) is 11.8. The van der Waals surface area contributed by atoms with Gasteiger partial charge < -0.3 is 9.90 Å². The van der Waals surface area contributed by atoms with Crippen molar-refractivity contribution in [2.24, 2.45) is 0 Å². The van der Waals surface area contributed by atoms with E-state index in [1.54, 1.807) is 0 Å². The second-order valence-electron chi connectivity index (χ2n) is 4.91. The van der Waals surface area contributed by atoms with Gasteiger partial charge in [0.05, 0.1) is 0 Å². The molecule has 0 aromatic heterocycles. The Bertz CT molecular complexity index is 188. The summed E-state index contributed by atoms with van der Waals surface area (Å²) in [4.78, 5) is 10.1. The van der Waals surface area contributed by atoms with Crippen LogP contribution >= 0.6 is 0 Å². The lowest BCUT2D eigenvalue weighted by Crippen LogP contribution is -1.83. The zero-order chi connectivity index (χ0) is 13.3. The van der Waals surface area contributed by atoms with Gasteiger partial charge in [-0.2, -0.15) is 0 Å². The van der Waals surface area contributed by atoms with E-state index in [-0.39, 0.29) is 0 Å². The Morgan fingerprint density at radius 2 is 1.06 bits per heavy atom. The van der Waals surface area contributed by atoms with Crippen molar-refractivity contribution >= 4 is 6.29 Å². The van der Waals surface area contributed by atoms with E-state index in [9.17, 15) is 4.79 Å². The molecule has 106 valence electrons. The third-order valence-electron chi connectivity index (χ3n) is 3.14. The van der Waals surface area contributed by atoms with Crippen LogP contribution in [0.1, 0.15) is 77.0 Å². The quantitative estimate of drug-likeness (QED) is 0.283. The largest absolute Gasteiger partial charge is 0.396 e. The molecule has 0 heterocycles. The summed E-state index contributed by atoms with van der Waals surface area (Å²) in [6.45, 7) is 0.343. The lowest BCUT2D eigenvalue weighted by molar-refractivity contribution is -0.107. The van der Waals surface area contributed by atoms with Gasteiger partial charge in [0.25, 0.3) is 0 Å². The highest BCUT2D eigenvalue weighted by Gasteiger charge is 1.90. The van der Waals surface area contributed by atoms with E-state index in [4.69, 9.17) is 5.11 Å². The van der Waals surface area contributed by atoms with E-state index >= 15 is 0 Å². The molecule has 0 amide bonds. The summed E-state index contributed by atoms with van der Waals surface area (Å²) in [6, 6.07) is 0. The fourth-order valence-corrected chi connectivity index (χ4v) is 1.98. The van der Waals surface area contributed by atoms with Gasteiger partial charge in [-0.15, -0.1) is 0 Å². The Morgan fingerprint density at radius 1 is 0.611 bits per heavy atom. The minimum Gasteiger partial charge on any atom is -0.396 e. The van der Waals surface area contributed by atoms with Gasteiger partial charge in [0, 0.05) is 13.0 Å². The molecule has 0 aromatic rings. The molecular weight excluding hydrogens is 224 g/mol. The van der Waals surface area contributed by atoms with Gasteiger partial charge in [0.2, 0.25) is 0 Å². The van der Waals surface area contributed by atoms with E-state index in [2.05, 4.69) is 12.2 Å². The summed E-state index contributed by atoms with van der Waals surface area (Å²) >= 11 is 0. The fraction of sp³-hybridized carbons (Fsp3) is 0.812. The molecule has 0 aliphatic carbocycles. The molecule has 0 aromatic carbocycles. The predicted molar refractivity (Wildman–Crippen MR) is 77.7 cm³/mol. The van der Waals surface area contributed by atoms with Gasteiger partial charge in [-0.1, -0.05) is 44.3 Å². The van der Waals surface area contributed by atoms with Gasteiger partial charge >= 0.3 is 0 Å². The topological polar surface area (TPSA) is 37.3 Å². The molecule has 0 aliphatic rings. The molecule has 2 heteroatoms. The molecule has 0 radical (unpaired) electrons. The summed E-state index contributed by atoms with van der Waals surface area (Å²) < 4.78 is 0. The van der Waals surface area contributed by atoms with Crippen LogP contribution in [0.15, 0.2) is 12.2 Å². The first kappa shape index (κ1) is 17.4. The van der Waals surface area contributed by atoms with Crippen LogP contribution in [0.2, 0.25) is 0 Å². The molecule has 2 nitrogen and oxygen atoms in total. The number of allylic oxidation sites excluding steroid dienone is 2. The Kier molecular flexibility index (Phi) is 15.8. The number of unbranched alkanes of at least 4 members (excludes halogenated alkanes) is 10. The minimum atomic E-state index is 0.343. The molecule has 0 unspecified atom stereocenters. The second-order valence-corrected chi connectivity index (χ2v) is 4.91. The monoisotopic (exact) mass is 254 g/mol. The molecule has 0 bridgehead atoms. The van der Waals surface area contributed by atoms with Crippen molar-refractivity contribution in [2.75, 3.05) is 6.61 Å². The number of hydrogen-bond acceptors (Lipinski definition) is 2. The lowest BCUT2D eigenvalue weighted by Gasteiger charge is -1.98. The summed E-state index contributed by atoms with van der Waals surface area (Å²) in [5.74, 6) is 0. The summed E-state index contributed by atoms with van der Waals surface area (Å²) in [7, 11) is 0. The average Bonchev–Trinajstić information content (AvgIpc) is 2.39. The first-order valence-corrected chi connectivity index (χ1v) is 7.61. The Morgan fingerprint density at radius 3 is 1.61 bits per heavy atom.